The van der Waals surface area contributed by atoms with Gasteiger partial charge in [0.15, 0.2) is 11.5 Å². The van der Waals surface area contributed by atoms with Crippen LogP contribution in [0.2, 0.25) is 0 Å². The van der Waals surface area contributed by atoms with Crippen molar-refractivity contribution in [2.45, 2.75) is 45.6 Å². The van der Waals surface area contributed by atoms with E-state index in [1.165, 1.54) is 24.2 Å². The van der Waals surface area contributed by atoms with Gasteiger partial charge in [-0.1, -0.05) is 49.6 Å². The first-order valence-electron chi connectivity index (χ1n) is 11.4. The highest BCUT2D eigenvalue weighted by Crippen LogP contribution is 2.38. The van der Waals surface area contributed by atoms with Crippen LogP contribution in [0.15, 0.2) is 47.4 Å². The maximum absolute atomic E-state index is 13.0. The highest BCUT2D eigenvalue weighted by Gasteiger charge is 2.36. The smallest absolute Gasteiger partial charge is 0.293 e. The Morgan fingerprint density at radius 3 is 2.58 bits per heavy atom. The van der Waals surface area contributed by atoms with Crippen molar-refractivity contribution < 1.29 is 19.1 Å². The number of ether oxygens (including phenoxy) is 2. The topological polar surface area (TPSA) is 55.8 Å². The third kappa shape index (κ3) is 6.12. The molecule has 1 saturated heterocycles. The molecule has 2 aromatic carbocycles. The van der Waals surface area contributed by atoms with Crippen molar-refractivity contribution in [2.24, 2.45) is 5.92 Å². The lowest BCUT2D eigenvalue weighted by Crippen LogP contribution is -2.34. The van der Waals surface area contributed by atoms with Crippen LogP contribution in [-0.2, 0) is 11.4 Å². The quantitative estimate of drug-likeness (QED) is 0.253. The van der Waals surface area contributed by atoms with Gasteiger partial charge >= 0.3 is 0 Å². The van der Waals surface area contributed by atoms with Crippen LogP contribution in [0.25, 0.3) is 6.08 Å². The van der Waals surface area contributed by atoms with Gasteiger partial charge in [-0.2, -0.15) is 0 Å². The molecule has 0 radical (unpaired) electrons. The molecule has 0 unspecified atom stereocenters. The molecule has 7 heteroatoms. The first kappa shape index (κ1) is 24.1. The molecule has 1 saturated carbocycles. The van der Waals surface area contributed by atoms with E-state index in [1.807, 2.05) is 49.4 Å². The molecule has 1 aliphatic carbocycles. The standard InChI is InChI=1S/C26H28INO4S/c1-2-31-22-14-20(13-21(27)24(22)32-17-19-11-7-4-8-12-19)15-23-25(29)28(26(30)33-23)16-18-9-5-3-6-10-18/h4,7-8,11-15,18H,2-3,5-6,9-10,16-17H2,1H3/b23-15+. The van der Waals surface area contributed by atoms with Gasteiger partial charge in [0.1, 0.15) is 6.61 Å². The fraction of sp³-hybridized carbons (Fsp3) is 0.385. The lowest BCUT2D eigenvalue weighted by molar-refractivity contribution is -0.123. The van der Waals surface area contributed by atoms with E-state index < -0.39 is 0 Å². The first-order valence-corrected chi connectivity index (χ1v) is 13.3. The van der Waals surface area contributed by atoms with Gasteiger partial charge in [0.2, 0.25) is 0 Å². The average Bonchev–Trinajstić information content (AvgIpc) is 3.07. The average molecular weight is 577 g/mol. The minimum Gasteiger partial charge on any atom is -0.490 e. The highest BCUT2D eigenvalue weighted by atomic mass is 127. The van der Waals surface area contributed by atoms with E-state index in [0.29, 0.717) is 42.1 Å². The van der Waals surface area contributed by atoms with Crippen LogP contribution in [-0.4, -0.2) is 29.2 Å². The minimum atomic E-state index is -0.187. The Morgan fingerprint density at radius 2 is 1.85 bits per heavy atom. The minimum absolute atomic E-state index is 0.167. The molecule has 4 rings (SSSR count). The summed E-state index contributed by atoms with van der Waals surface area (Å²) in [5.41, 5.74) is 1.89. The Balaban J connectivity index is 1.52. The summed E-state index contributed by atoms with van der Waals surface area (Å²) in [6.45, 7) is 3.41. The number of amides is 2. The van der Waals surface area contributed by atoms with Gasteiger partial charge in [-0.05, 0) is 89.4 Å². The molecule has 0 N–H and O–H groups in total. The number of carbonyl (C=O) groups is 2. The van der Waals surface area contributed by atoms with E-state index >= 15 is 0 Å². The van der Waals surface area contributed by atoms with Crippen LogP contribution >= 0.6 is 34.4 Å². The molecule has 1 aliphatic heterocycles. The maximum Gasteiger partial charge on any atom is 0.293 e. The Hall–Kier alpha value is -2.00. The molecule has 2 aliphatic rings. The van der Waals surface area contributed by atoms with Gasteiger partial charge in [-0.3, -0.25) is 14.5 Å². The van der Waals surface area contributed by atoms with E-state index in [0.717, 1.165) is 39.3 Å². The van der Waals surface area contributed by atoms with Crippen LogP contribution in [0.1, 0.15) is 50.2 Å². The van der Waals surface area contributed by atoms with E-state index in [9.17, 15) is 9.59 Å². The number of hydrogen-bond acceptors (Lipinski definition) is 5. The second-order valence-electron chi connectivity index (χ2n) is 8.33. The van der Waals surface area contributed by atoms with Crippen molar-refractivity contribution in [1.82, 2.24) is 4.90 Å². The van der Waals surface area contributed by atoms with Gasteiger partial charge in [0.25, 0.3) is 11.1 Å². The Bertz CT molecular complexity index is 1030. The molecular weight excluding hydrogens is 549 g/mol. The van der Waals surface area contributed by atoms with E-state index in [1.54, 1.807) is 6.08 Å². The summed E-state index contributed by atoms with van der Waals surface area (Å²) >= 11 is 3.25. The number of halogens is 1. The van der Waals surface area contributed by atoms with Crippen molar-refractivity contribution in [2.75, 3.05) is 13.2 Å². The maximum atomic E-state index is 13.0. The van der Waals surface area contributed by atoms with E-state index in [2.05, 4.69) is 22.6 Å². The number of imide groups is 1. The summed E-state index contributed by atoms with van der Waals surface area (Å²) in [5, 5.41) is -0.167. The molecule has 2 fully saturated rings. The molecule has 5 nitrogen and oxygen atoms in total. The molecule has 2 aromatic rings. The summed E-state index contributed by atoms with van der Waals surface area (Å²) in [7, 11) is 0. The molecule has 0 aromatic heterocycles. The third-order valence-corrected chi connectivity index (χ3v) is 7.60. The molecule has 0 atom stereocenters. The molecule has 0 bridgehead atoms. The Morgan fingerprint density at radius 1 is 1.09 bits per heavy atom. The third-order valence-electron chi connectivity index (χ3n) is 5.89. The predicted molar refractivity (Wildman–Crippen MR) is 140 cm³/mol. The van der Waals surface area contributed by atoms with Crippen molar-refractivity contribution in [3.63, 3.8) is 0 Å². The van der Waals surface area contributed by atoms with Crippen molar-refractivity contribution in [3.05, 3.63) is 62.1 Å². The normalized spacial score (nSPS) is 18.2. The number of hydrogen-bond donors (Lipinski definition) is 0. The largest absolute Gasteiger partial charge is 0.490 e. The van der Waals surface area contributed by atoms with Gasteiger partial charge in [0, 0.05) is 6.54 Å². The van der Waals surface area contributed by atoms with Gasteiger partial charge < -0.3 is 9.47 Å². The van der Waals surface area contributed by atoms with Crippen molar-refractivity contribution in [3.8, 4) is 11.5 Å². The zero-order valence-corrected chi connectivity index (χ0v) is 21.7. The molecule has 0 spiro atoms. The lowest BCUT2D eigenvalue weighted by atomic mass is 9.89. The van der Waals surface area contributed by atoms with Crippen LogP contribution in [0, 0.1) is 9.49 Å². The van der Waals surface area contributed by atoms with E-state index in [-0.39, 0.29) is 11.1 Å². The van der Waals surface area contributed by atoms with Gasteiger partial charge in [0.05, 0.1) is 15.1 Å². The Labute approximate surface area is 213 Å². The zero-order valence-electron chi connectivity index (χ0n) is 18.7. The number of benzene rings is 2. The zero-order chi connectivity index (χ0) is 23.2. The number of carbonyl (C=O) groups excluding carboxylic acids is 2. The van der Waals surface area contributed by atoms with Crippen molar-refractivity contribution >= 4 is 51.6 Å². The number of thioether (sulfide) groups is 1. The van der Waals surface area contributed by atoms with E-state index in [4.69, 9.17) is 9.47 Å². The fourth-order valence-corrected chi connectivity index (χ4v) is 5.87. The van der Waals surface area contributed by atoms with Crippen molar-refractivity contribution in [1.29, 1.82) is 0 Å². The molecular formula is C26H28INO4S. The molecule has 2 amide bonds. The summed E-state index contributed by atoms with van der Waals surface area (Å²) in [4.78, 5) is 27.4. The second-order valence-corrected chi connectivity index (χ2v) is 10.5. The van der Waals surface area contributed by atoms with Gasteiger partial charge in [-0.15, -0.1) is 0 Å². The number of rotatable bonds is 8. The molecule has 33 heavy (non-hydrogen) atoms. The van der Waals surface area contributed by atoms with Gasteiger partial charge in [-0.25, -0.2) is 0 Å². The summed E-state index contributed by atoms with van der Waals surface area (Å²) in [6.07, 6.45) is 7.62. The number of nitrogens with zero attached hydrogens (tertiary/aromatic N) is 1. The predicted octanol–water partition coefficient (Wildman–Crippen LogP) is 6.89. The fourth-order valence-electron chi connectivity index (χ4n) is 4.24. The summed E-state index contributed by atoms with van der Waals surface area (Å²) in [5.74, 6) is 1.56. The second kappa shape index (κ2) is 11.4. The SMILES string of the molecule is CCOc1cc(/C=C2/SC(=O)N(CC3CCCCC3)C2=O)cc(I)c1OCc1ccccc1. The highest BCUT2D eigenvalue weighted by molar-refractivity contribution is 14.1. The summed E-state index contributed by atoms with van der Waals surface area (Å²) in [6, 6.07) is 13.8. The van der Waals surface area contributed by atoms with Crippen LogP contribution in [0.5, 0.6) is 11.5 Å². The van der Waals surface area contributed by atoms with Crippen LogP contribution < -0.4 is 9.47 Å². The Kier molecular flexibility index (Phi) is 8.35. The lowest BCUT2D eigenvalue weighted by Gasteiger charge is -2.25. The molecule has 1 heterocycles. The molecule has 174 valence electrons. The first-order chi connectivity index (χ1) is 16.0. The summed E-state index contributed by atoms with van der Waals surface area (Å²) < 4.78 is 12.8. The van der Waals surface area contributed by atoms with Crippen LogP contribution in [0.4, 0.5) is 4.79 Å². The monoisotopic (exact) mass is 577 g/mol. The van der Waals surface area contributed by atoms with Crippen LogP contribution in [0.3, 0.4) is 0 Å².